The van der Waals surface area contributed by atoms with Gasteiger partial charge in [0.2, 0.25) is 15.9 Å². The van der Waals surface area contributed by atoms with Gasteiger partial charge in [0.15, 0.2) is 0 Å². The fourth-order valence-corrected chi connectivity index (χ4v) is 3.63. The largest absolute Gasteiger partial charge is 0.480 e. The maximum absolute atomic E-state index is 12.3. The van der Waals surface area contributed by atoms with E-state index < -0.39 is 34.5 Å². The lowest BCUT2D eigenvalue weighted by Crippen LogP contribution is -2.48. The number of benzene rings is 1. The van der Waals surface area contributed by atoms with Gasteiger partial charge in [0, 0.05) is 6.54 Å². The molecular formula is C14H18N2O5S. The second-order valence-corrected chi connectivity index (χ2v) is 6.85. The van der Waals surface area contributed by atoms with E-state index >= 15 is 0 Å². The monoisotopic (exact) mass is 326 g/mol. The number of sulfonamides is 1. The van der Waals surface area contributed by atoms with Crippen LogP contribution in [-0.2, 0) is 19.6 Å². The molecule has 0 aromatic heterocycles. The molecule has 1 unspecified atom stereocenters. The smallest absolute Gasteiger partial charge is 0.323 e. The molecule has 1 amide bonds. The SMILES string of the molecule is O=C(O)CN1CCCCC(NS(=O)(=O)c2ccccc2)C1=O. The molecular weight excluding hydrogens is 308 g/mol. The van der Waals surface area contributed by atoms with E-state index in [4.69, 9.17) is 5.11 Å². The summed E-state index contributed by atoms with van der Waals surface area (Å²) in [7, 11) is -3.81. The predicted octanol–water partition coefficient (Wildman–Crippen LogP) is 0.431. The highest BCUT2D eigenvalue weighted by Gasteiger charge is 2.31. The Kier molecular flexibility index (Phi) is 5.15. The highest BCUT2D eigenvalue weighted by Crippen LogP contribution is 2.15. The first-order chi connectivity index (χ1) is 10.4. The molecule has 2 N–H and O–H groups in total. The maximum atomic E-state index is 12.3. The summed E-state index contributed by atoms with van der Waals surface area (Å²) in [6.45, 7) is -0.0862. The number of rotatable bonds is 5. The van der Waals surface area contributed by atoms with Gasteiger partial charge in [0.1, 0.15) is 12.6 Å². The summed E-state index contributed by atoms with van der Waals surface area (Å²) in [5, 5.41) is 8.84. The topological polar surface area (TPSA) is 104 Å². The Hall–Kier alpha value is -1.93. The first-order valence-electron chi connectivity index (χ1n) is 6.98. The maximum Gasteiger partial charge on any atom is 0.323 e. The van der Waals surface area contributed by atoms with Crippen LogP contribution < -0.4 is 4.72 Å². The highest BCUT2D eigenvalue weighted by atomic mass is 32.2. The Balaban J connectivity index is 2.16. The second-order valence-electron chi connectivity index (χ2n) is 5.14. The summed E-state index contributed by atoms with van der Waals surface area (Å²) in [5.41, 5.74) is 0. The number of aliphatic carboxylic acids is 1. The Bertz CT molecular complexity index is 644. The van der Waals surface area contributed by atoms with Crippen molar-refractivity contribution in [1.82, 2.24) is 9.62 Å². The van der Waals surface area contributed by atoms with Crippen LogP contribution >= 0.6 is 0 Å². The van der Waals surface area contributed by atoms with Crippen LogP contribution in [0.3, 0.4) is 0 Å². The number of carbonyl (C=O) groups excluding carboxylic acids is 1. The average Bonchev–Trinajstić information content (AvgIpc) is 2.63. The quantitative estimate of drug-likeness (QED) is 0.816. The third-order valence-corrected chi connectivity index (χ3v) is 4.95. The number of nitrogens with zero attached hydrogens (tertiary/aromatic N) is 1. The number of carboxylic acids is 1. The van der Waals surface area contributed by atoms with Gasteiger partial charge in [-0.2, -0.15) is 4.72 Å². The molecule has 0 spiro atoms. The van der Waals surface area contributed by atoms with E-state index in [-0.39, 0.29) is 4.90 Å². The second kappa shape index (κ2) is 6.89. The standard InChI is InChI=1S/C14H18N2O5S/c17-13(18)10-16-9-5-4-8-12(14(16)19)15-22(20,21)11-6-2-1-3-7-11/h1-3,6-7,12,15H,4-5,8-10H2,(H,17,18). The van der Waals surface area contributed by atoms with Crippen molar-refractivity contribution in [2.24, 2.45) is 0 Å². The lowest BCUT2D eigenvalue weighted by atomic mass is 10.1. The lowest BCUT2D eigenvalue weighted by molar-refractivity contribution is -0.144. The number of carboxylic acid groups (broad SMARTS) is 1. The van der Waals surface area contributed by atoms with Gasteiger partial charge in [-0.25, -0.2) is 8.42 Å². The van der Waals surface area contributed by atoms with Gasteiger partial charge >= 0.3 is 5.97 Å². The number of carbonyl (C=O) groups is 2. The molecule has 0 aliphatic carbocycles. The summed E-state index contributed by atoms with van der Waals surface area (Å²) in [4.78, 5) is 24.4. The summed E-state index contributed by atoms with van der Waals surface area (Å²) >= 11 is 0. The van der Waals surface area contributed by atoms with Crippen LogP contribution in [0.25, 0.3) is 0 Å². The van der Waals surface area contributed by atoms with Crippen LogP contribution in [0.5, 0.6) is 0 Å². The molecule has 7 nitrogen and oxygen atoms in total. The van der Waals surface area contributed by atoms with Crippen molar-refractivity contribution in [2.75, 3.05) is 13.1 Å². The van der Waals surface area contributed by atoms with Crippen molar-refractivity contribution in [3.63, 3.8) is 0 Å². The van der Waals surface area contributed by atoms with E-state index in [2.05, 4.69) is 4.72 Å². The molecule has 0 bridgehead atoms. The zero-order valence-corrected chi connectivity index (χ0v) is 12.8. The van der Waals surface area contributed by atoms with Crippen molar-refractivity contribution < 1.29 is 23.1 Å². The molecule has 22 heavy (non-hydrogen) atoms. The van der Waals surface area contributed by atoms with Crippen LogP contribution in [0.4, 0.5) is 0 Å². The lowest BCUT2D eigenvalue weighted by Gasteiger charge is -2.23. The van der Waals surface area contributed by atoms with Gasteiger partial charge in [-0.05, 0) is 31.4 Å². The Labute approximate surface area is 129 Å². The summed E-state index contributed by atoms with van der Waals surface area (Å²) in [6.07, 6.45) is 1.67. The minimum absolute atomic E-state index is 0.0804. The highest BCUT2D eigenvalue weighted by molar-refractivity contribution is 7.89. The Morgan fingerprint density at radius 3 is 2.59 bits per heavy atom. The van der Waals surface area contributed by atoms with Crippen LogP contribution in [0.1, 0.15) is 19.3 Å². The molecule has 1 saturated heterocycles. The van der Waals surface area contributed by atoms with Crippen molar-refractivity contribution in [2.45, 2.75) is 30.2 Å². The number of amides is 1. The first kappa shape index (κ1) is 16.4. The number of hydrogen-bond acceptors (Lipinski definition) is 4. The molecule has 2 rings (SSSR count). The van der Waals surface area contributed by atoms with Crippen molar-refractivity contribution in [3.8, 4) is 0 Å². The molecule has 1 heterocycles. The number of hydrogen-bond donors (Lipinski definition) is 2. The van der Waals surface area contributed by atoms with Gasteiger partial charge in [-0.1, -0.05) is 18.2 Å². The minimum Gasteiger partial charge on any atom is -0.480 e. The third-order valence-electron chi connectivity index (χ3n) is 3.46. The van der Waals surface area contributed by atoms with Crippen LogP contribution in [0, 0.1) is 0 Å². The van der Waals surface area contributed by atoms with E-state index in [0.717, 1.165) is 0 Å². The molecule has 1 atom stereocenters. The van der Waals surface area contributed by atoms with Crippen LogP contribution in [0.2, 0.25) is 0 Å². The van der Waals surface area contributed by atoms with Crippen LogP contribution in [-0.4, -0.2) is 49.4 Å². The van der Waals surface area contributed by atoms with E-state index in [1.807, 2.05) is 0 Å². The molecule has 1 fully saturated rings. The molecule has 1 aliphatic rings. The fraction of sp³-hybridized carbons (Fsp3) is 0.429. The van der Waals surface area contributed by atoms with Crippen LogP contribution in [0.15, 0.2) is 35.2 Å². The Morgan fingerprint density at radius 2 is 1.95 bits per heavy atom. The zero-order valence-electron chi connectivity index (χ0n) is 11.9. The summed E-state index contributed by atoms with van der Waals surface area (Å²) in [6, 6.07) is 6.86. The summed E-state index contributed by atoms with van der Waals surface area (Å²) < 4.78 is 27.0. The fourth-order valence-electron chi connectivity index (χ4n) is 2.39. The van der Waals surface area contributed by atoms with Gasteiger partial charge < -0.3 is 10.0 Å². The van der Waals surface area contributed by atoms with Gasteiger partial charge in [-0.15, -0.1) is 0 Å². The first-order valence-corrected chi connectivity index (χ1v) is 8.46. The van der Waals surface area contributed by atoms with Gasteiger partial charge in [0.05, 0.1) is 4.90 Å². The van der Waals surface area contributed by atoms with Crippen molar-refractivity contribution in [3.05, 3.63) is 30.3 Å². The minimum atomic E-state index is -3.81. The molecule has 8 heteroatoms. The molecule has 0 saturated carbocycles. The average molecular weight is 326 g/mol. The van der Waals surface area contributed by atoms with E-state index in [1.54, 1.807) is 18.2 Å². The molecule has 1 aliphatic heterocycles. The molecule has 0 radical (unpaired) electrons. The van der Waals surface area contributed by atoms with Gasteiger partial charge in [-0.3, -0.25) is 9.59 Å². The van der Waals surface area contributed by atoms with E-state index in [0.29, 0.717) is 25.8 Å². The number of nitrogens with one attached hydrogen (secondary N) is 1. The zero-order chi connectivity index (χ0) is 16.2. The van der Waals surface area contributed by atoms with E-state index in [1.165, 1.54) is 17.0 Å². The molecule has 1 aromatic carbocycles. The predicted molar refractivity (Wildman–Crippen MR) is 78.6 cm³/mol. The normalized spacial score (nSPS) is 19.7. The Morgan fingerprint density at radius 1 is 1.27 bits per heavy atom. The molecule has 1 aromatic rings. The molecule has 120 valence electrons. The summed E-state index contributed by atoms with van der Waals surface area (Å²) in [5.74, 6) is -1.60. The van der Waals surface area contributed by atoms with Crippen molar-refractivity contribution in [1.29, 1.82) is 0 Å². The van der Waals surface area contributed by atoms with Crippen molar-refractivity contribution >= 4 is 21.9 Å². The number of likely N-dealkylation sites (tertiary alicyclic amines) is 1. The van der Waals surface area contributed by atoms with Gasteiger partial charge in [0.25, 0.3) is 0 Å². The third kappa shape index (κ3) is 4.05. The van der Waals surface area contributed by atoms with E-state index in [9.17, 15) is 18.0 Å².